The Kier molecular flexibility index (Phi) is 5.44. The number of amides is 1. The Labute approximate surface area is 132 Å². The van der Waals surface area contributed by atoms with Gasteiger partial charge in [-0.25, -0.2) is 8.78 Å². The lowest BCUT2D eigenvalue weighted by Crippen LogP contribution is -2.28. The second-order valence-corrected chi connectivity index (χ2v) is 5.30. The van der Waals surface area contributed by atoms with Gasteiger partial charge in [0.1, 0.15) is 5.76 Å². The van der Waals surface area contributed by atoms with E-state index < -0.39 is 17.7 Å². The monoisotopic (exact) mass is 324 g/mol. The zero-order chi connectivity index (χ0) is 17.0. The van der Waals surface area contributed by atoms with E-state index in [0.29, 0.717) is 12.2 Å². The molecule has 0 fully saturated rings. The van der Waals surface area contributed by atoms with Gasteiger partial charge in [0.05, 0.1) is 11.8 Å². The maximum Gasteiger partial charge on any atom is 0.220 e. The van der Waals surface area contributed by atoms with E-state index in [2.05, 4.69) is 10.5 Å². The average molecular weight is 324 g/mol. The highest BCUT2D eigenvalue weighted by molar-refractivity contribution is 5.76. The molecule has 0 saturated carbocycles. The molecule has 1 unspecified atom stereocenters. The minimum atomic E-state index is -1.10. The van der Waals surface area contributed by atoms with Crippen molar-refractivity contribution in [3.63, 3.8) is 0 Å². The summed E-state index contributed by atoms with van der Waals surface area (Å²) in [6.07, 6.45) is -0.408. The van der Waals surface area contributed by atoms with Crippen LogP contribution in [0.3, 0.4) is 0 Å². The second-order valence-electron chi connectivity index (χ2n) is 5.30. The molecule has 0 spiro atoms. The smallest absolute Gasteiger partial charge is 0.220 e. The quantitative estimate of drug-likeness (QED) is 0.855. The number of nitrogens with zero attached hydrogens (tertiary/aromatic N) is 1. The van der Waals surface area contributed by atoms with Crippen LogP contribution in [0.4, 0.5) is 8.78 Å². The summed E-state index contributed by atoms with van der Waals surface area (Å²) in [6, 6.07) is 3.13. The first-order valence-corrected chi connectivity index (χ1v) is 7.20. The van der Waals surface area contributed by atoms with E-state index in [9.17, 15) is 18.7 Å². The third kappa shape index (κ3) is 4.35. The largest absolute Gasteiger partial charge is 0.387 e. The Morgan fingerprint density at radius 1 is 1.35 bits per heavy atom. The van der Waals surface area contributed by atoms with Crippen LogP contribution in [-0.4, -0.2) is 22.7 Å². The molecular formula is C16H18F2N2O3. The molecule has 23 heavy (non-hydrogen) atoms. The van der Waals surface area contributed by atoms with Gasteiger partial charge in [0, 0.05) is 18.5 Å². The van der Waals surface area contributed by atoms with E-state index in [1.807, 2.05) is 0 Å². The number of nitrogens with one attached hydrogen (secondary N) is 1. The zero-order valence-electron chi connectivity index (χ0n) is 12.9. The van der Waals surface area contributed by atoms with Crippen LogP contribution in [0.2, 0.25) is 0 Å². The van der Waals surface area contributed by atoms with E-state index in [4.69, 9.17) is 4.52 Å². The Morgan fingerprint density at radius 3 is 2.70 bits per heavy atom. The maximum atomic E-state index is 13.1. The lowest BCUT2D eigenvalue weighted by molar-refractivity contribution is -0.121. The molecule has 1 atom stereocenters. The molecular weight excluding hydrogens is 306 g/mol. The number of aromatic nitrogens is 1. The Hall–Kier alpha value is -2.28. The molecule has 1 amide bonds. The van der Waals surface area contributed by atoms with Crippen molar-refractivity contribution in [2.24, 2.45) is 0 Å². The third-order valence-corrected chi connectivity index (χ3v) is 3.60. The molecule has 7 heteroatoms. The summed E-state index contributed by atoms with van der Waals surface area (Å²) in [4.78, 5) is 11.8. The lowest BCUT2D eigenvalue weighted by atomic mass is 10.1. The van der Waals surface area contributed by atoms with Crippen LogP contribution < -0.4 is 5.32 Å². The Balaban J connectivity index is 1.83. The standard InChI is InChI=1S/C16H18F2N2O3/c1-9-12(10(2)23-20-9)4-6-16(22)19-8-15(21)11-3-5-13(17)14(18)7-11/h3,5,7,15,21H,4,6,8H2,1-2H3,(H,19,22). The fourth-order valence-electron chi connectivity index (χ4n) is 2.23. The van der Waals surface area contributed by atoms with Crippen LogP contribution in [0.5, 0.6) is 0 Å². The molecule has 0 radical (unpaired) electrons. The van der Waals surface area contributed by atoms with Gasteiger partial charge in [-0.05, 0) is 38.0 Å². The Morgan fingerprint density at radius 2 is 2.09 bits per heavy atom. The van der Waals surface area contributed by atoms with E-state index in [1.54, 1.807) is 13.8 Å². The third-order valence-electron chi connectivity index (χ3n) is 3.60. The van der Waals surface area contributed by atoms with Gasteiger partial charge < -0.3 is 14.9 Å². The van der Waals surface area contributed by atoms with E-state index in [0.717, 1.165) is 23.4 Å². The molecule has 2 N–H and O–H groups in total. The minimum Gasteiger partial charge on any atom is -0.387 e. The van der Waals surface area contributed by atoms with Crippen LogP contribution in [-0.2, 0) is 11.2 Å². The van der Waals surface area contributed by atoms with E-state index in [1.165, 1.54) is 6.07 Å². The first kappa shape index (κ1) is 17.1. The fourth-order valence-corrected chi connectivity index (χ4v) is 2.23. The highest BCUT2D eigenvalue weighted by Crippen LogP contribution is 2.16. The summed E-state index contributed by atoms with van der Waals surface area (Å²) in [5, 5.41) is 16.3. The van der Waals surface area contributed by atoms with Crippen molar-refractivity contribution < 1.29 is 23.2 Å². The molecule has 124 valence electrons. The van der Waals surface area contributed by atoms with Crippen molar-refractivity contribution in [1.82, 2.24) is 10.5 Å². The molecule has 0 aliphatic rings. The summed E-state index contributed by atoms with van der Waals surface area (Å²) in [6.45, 7) is 3.50. The number of hydrogen-bond donors (Lipinski definition) is 2. The topological polar surface area (TPSA) is 75.4 Å². The van der Waals surface area contributed by atoms with Gasteiger partial charge in [-0.2, -0.15) is 0 Å². The molecule has 1 aromatic carbocycles. The van der Waals surface area contributed by atoms with Crippen LogP contribution >= 0.6 is 0 Å². The summed E-state index contributed by atoms with van der Waals surface area (Å²) in [5.41, 5.74) is 1.84. The predicted molar refractivity (Wildman–Crippen MR) is 78.6 cm³/mol. The number of benzene rings is 1. The number of carbonyl (C=O) groups excluding carboxylic acids is 1. The highest BCUT2D eigenvalue weighted by Gasteiger charge is 2.14. The van der Waals surface area contributed by atoms with E-state index >= 15 is 0 Å². The molecule has 2 rings (SSSR count). The van der Waals surface area contributed by atoms with Gasteiger partial charge in [0.2, 0.25) is 5.91 Å². The molecule has 0 bridgehead atoms. The number of hydrogen-bond acceptors (Lipinski definition) is 4. The molecule has 1 heterocycles. The molecule has 5 nitrogen and oxygen atoms in total. The van der Waals surface area contributed by atoms with Crippen molar-refractivity contribution in [2.45, 2.75) is 32.8 Å². The van der Waals surface area contributed by atoms with Gasteiger partial charge in [0.15, 0.2) is 11.6 Å². The SMILES string of the molecule is Cc1noc(C)c1CCC(=O)NCC(O)c1ccc(F)c(F)c1. The summed E-state index contributed by atoms with van der Waals surface area (Å²) >= 11 is 0. The number of aryl methyl sites for hydroxylation is 2. The normalized spacial score (nSPS) is 12.2. The van der Waals surface area contributed by atoms with Crippen LogP contribution in [0, 0.1) is 25.5 Å². The number of halogens is 2. The van der Waals surface area contributed by atoms with Crippen LogP contribution in [0.15, 0.2) is 22.7 Å². The summed E-state index contributed by atoms with van der Waals surface area (Å²) in [7, 11) is 0. The minimum absolute atomic E-state index is 0.0779. The van der Waals surface area contributed by atoms with Crippen molar-refractivity contribution in [1.29, 1.82) is 0 Å². The summed E-state index contributed by atoms with van der Waals surface area (Å²) < 4.78 is 31.0. The van der Waals surface area contributed by atoms with Gasteiger partial charge in [-0.3, -0.25) is 4.79 Å². The lowest BCUT2D eigenvalue weighted by Gasteiger charge is -2.12. The zero-order valence-corrected chi connectivity index (χ0v) is 12.9. The first-order valence-electron chi connectivity index (χ1n) is 7.20. The van der Waals surface area contributed by atoms with Gasteiger partial charge in [-0.15, -0.1) is 0 Å². The number of carbonyl (C=O) groups is 1. The first-order chi connectivity index (χ1) is 10.9. The summed E-state index contributed by atoms with van der Waals surface area (Å²) in [5.74, 6) is -1.60. The number of rotatable bonds is 6. The van der Waals surface area contributed by atoms with Gasteiger partial charge >= 0.3 is 0 Å². The van der Waals surface area contributed by atoms with Crippen LogP contribution in [0.1, 0.15) is 35.1 Å². The number of aliphatic hydroxyl groups excluding tert-OH is 1. The molecule has 0 aliphatic carbocycles. The molecule has 0 aliphatic heterocycles. The van der Waals surface area contributed by atoms with Crippen molar-refractivity contribution in [3.8, 4) is 0 Å². The van der Waals surface area contributed by atoms with Crippen molar-refractivity contribution in [3.05, 3.63) is 52.4 Å². The maximum absolute atomic E-state index is 13.1. The second kappa shape index (κ2) is 7.32. The fraction of sp³-hybridized carbons (Fsp3) is 0.375. The predicted octanol–water partition coefficient (Wildman–Crippen LogP) is 2.35. The Bertz CT molecular complexity index is 681. The highest BCUT2D eigenvalue weighted by atomic mass is 19.2. The number of aliphatic hydroxyl groups is 1. The molecule has 1 aromatic heterocycles. The van der Waals surface area contributed by atoms with Crippen LogP contribution in [0.25, 0.3) is 0 Å². The van der Waals surface area contributed by atoms with Gasteiger partial charge in [-0.1, -0.05) is 11.2 Å². The van der Waals surface area contributed by atoms with Gasteiger partial charge in [0.25, 0.3) is 0 Å². The van der Waals surface area contributed by atoms with E-state index in [-0.39, 0.29) is 24.4 Å². The molecule has 0 saturated heterocycles. The molecule has 2 aromatic rings. The average Bonchev–Trinajstić information content (AvgIpc) is 2.84. The van der Waals surface area contributed by atoms with Crippen molar-refractivity contribution in [2.75, 3.05) is 6.54 Å². The van der Waals surface area contributed by atoms with Crippen molar-refractivity contribution >= 4 is 5.91 Å².